The van der Waals surface area contributed by atoms with Crippen LogP contribution in [0.4, 0.5) is 0 Å². The van der Waals surface area contributed by atoms with Crippen LogP contribution in [0, 0.1) is 0 Å². The zero-order valence-electron chi connectivity index (χ0n) is 8.25. The minimum atomic E-state index is 0.143. The quantitative estimate of drug-likeness (QED) is 0.838. The monoisotopic (exact) mass is 225 g/mol. The molecule has 1 heterocycles. The molecule has 1 fully saturated rings. The molecule has 0 unspecified atom stereocenters. The summed E-state index contributed by atoms with van der Waals surface area (Å²) in [6.07, 6.45) is 2.28. The van der Waals surface area contributed by atoms with Crippen LogP contribution in [0.2, 0.25) is 5.02 Å². The van der Waals surface area contributed by atoms with Crippen molar-refractivity contribution in [3.05, 3.63) is 22.7 Å². The second-order valence-electron chi connectivity index (χ2n) is 4.18. The first-order chi connectivity index (χ1) is 7.25. The number of halogens is 1. The molecule has 1 aliphatic heterocycles. The molecule has 0 saturated heterocycles. The first kappa shape index (κ1) is 9.31. The van der Waals surface area contributed by atoms with Gasteiger partial charge < -0.3 is 15.2 Å². The van der Waals surface area contributed by atoms with E-state index in [1.54, 1.807) is 0 Å². The molecule has 1 aromatic rings. The van der Waals surface area contributed by atoms with E-state index in [2.05, 4.69) is 0 Å². The van der Waals surface area contributed by atoms with E-state index < -0.39 is 0 Å². The molecule has 0 radical (unpaired) electrons. The topological polar surface area (TPSA) is 44.5 Å². The van der Waals surface area contributed by atoms with Crippen LogP contribution in [0.5, 0.6) is 11.5 Å². The first-order valence-corrected chi connectivity index (χ1v) is 5.43. The zero-order chi connectivity index (χ0) is 10.5. The largest absolute Gasteiger partial charge is 0.454 e. The van der Waals surface area contributed by atoms with Crippen LogP contribution in [-0.4, -0.2) is 13.3 Å². The molecular formula is C11H12ClNO2. The van der Waals surface area contributed by atoms with Gasteiger partial charge in [0.1, 0.15) is 0 Å². The van der Waals surface area contributed by atoms with Gasteiger partial charge in [0.2, 0.25) is 6.79 Å². The second-order valence-corrected chi connectivity index (χ2v) is 4.58. The predicted octanol–water partition coefficient (Wildman–Crippen LogP) is 2.06. The number of nitrogens with two attached hydrogens (primary N) is 1. The van der Waals surface area contributed by atoms with Crippen LogP contribution in [0.3, 0.4) is 0 Å². The summed E-state index contributed by atoms with van der Waals surface area (Å²) in [5, 5.41) is 0.625. The third-order valence-electron chi connectivity index (χ3n) is 3.28. The molecule has 1 saturated carbocycles. The number of benzene rings is 1. The maximum Gasteiger partial charge on any atom is 0.231 e. The fourth-order valence-electron chi connectivity index (χ4n) is 2.04. The Morgan fingerprint density at radius 3 is 2.80 bits per heavy atom. The molecule has 0 amide bonds. The maximum absolute atomic E-state index is 6.12. The summed E-state index contributed by atoms with van der Waals surface area (Å²) in [6.45, 7) is 0.928. The van der Waals surface area contributed by atoms with Gasteiger partial charge >= 0.3 is 0 Å². The molecule has 1 aromatic carbocycles. The van der Waals surface area contributed by atoms with Crippen molar-refractivity contribution in [2.45, 2.75) is 18.3 Å². The van der Waals surface area contributed by atoms with Crippen LogP contribution in [0.15, 0.2) is 12.1 Å². The van der Waals surface area contributed by atoms with Crippen LogP contribution in [-0.2, 0) is 5.41 Å². The maximum atomic E-state index is 6.12. The first-order valence-electron chi connectivity index (χ1n) is 5.05. The average Bonchev–Trinajstić information content (AvgIpc) is 2.90. The van der Waals surface area contributed by atoms with Gasteiger partial charge in [0.05, 0.1) is 5.02 Å². The van der Waals surface area contributed by atoms with E-state index in [4.69, 9.17) is 26.8 Å². The van der Waals surface area contributed by atoms with Gasteiger partial charge in [-0.1, -0.05) is 11.6 Å². The van der Waals surface area contributed by atoms with Gasteiger partial charge in [0.25, 0.3) is 0 Å². The molecule has 1 aliphatic carbocycles. The Bertz CT molecular complexity index is 415. The Balaban J connectivity index is 2.08. The SMILES string of the molecule is NCC1(c2cc(Cl)c3c(c2)OCO3)CC1. The number of rotatable bonds is 2. The summed E-state index contributed by atoms with van der Waals surface area (Å²) >= 11 is 6.12. The zero-order valence-corrected chi connectivity index (χ0v) is 9.01. The van der Waals surface area contributed by atoms with E-state index in [-0.39, 0.29) is 12.2 Å². The standard InChI is InChI=1S/C11H12ClNO2/c12-8-3-7(11(5-13)1-2-11)4-9-10(8)15-6-14-9/h3-4H,1-2,5-6,13H2. The molecule has 2 N–H and O–H groups in total. The average molecular weight is 226 g/mol. The minimum absolute atomic E-state index is 0.143. The molecular weight excluding hydrogens is 214 g/mol. The number of hydrogen-bond donors (Lipinski definition) is 1. The summed E-state index contributed by atoms with van der Waals surface area (Å²) in [5.74, 6) is 1.41. The van der Waals surface area contributed by atoms with E-state index in [1.165, 1.54) is 5.56 Å². The van der Waals surface area contributed by atoms with E-state index in [1.807, 2.05) is 12.1 Å². The van der Waals surface area contributed by atoms with Gasteiger partial charge in [-0.3, -0.25) is 0 Å². The lowest BCUT2D eigenvalue weighted by Gasteiger charge is -2.13. The summed E-state index contributed by atoms with van der Waals surface area (Å²) in [7, 11) is 0. The molecule has 80 valence electrons. The van der Waals surface area contributed by atoms with E-state index in [9.17, 15) is 0 Å². The van der Waals surface area contributed by atoms with Crippen molar-refractivity contribution >= 4 is 11.6 Å². The van der Waals surface area contributed by atoms with Crippen LogP contribution >= 0.6 is 11.6 Å². The van der Waals surface area contributed by atoms with Gasteiger partial charge in [-0.05, 0) is 30.5 Å². The molecule has 0 aromatic heterocycles. The van der Waals surface area contributed by atoms with Crippen molar-refractivity contribution in [2.75, 3.05) is 13.3 Å². The molecule has 0 bridgehead atoms. The van der Waals surface area contributed by atoms with E-state index >= 15 is 0 Å². The van der Waals surface area contributed by atoms with Crippen LogP contribution in [0.1, 0.15) is 18.4 Å². The Kier molecular flexibility index (Phi) is 1.88. The Morgan fingerprint density at radius 2 is 2.13 bits per heavy atom. The molecule has 15 heavy (non-hydrogen) atoms. The van der Waals surface area contributed by atoms with Gasteiger partial charge in [0.15, 0.2) is 11.5 Å². The molecule has 3 rings (SSSR count). The molecule has 0 atom stereocenters. The summed E-state index contributed by atoms with van der Waals surface area (Å²) in [6, 6.07) is 3.96. The van der Waals surface area contributed by atoms with Crippen LogP contribution < -0.4 is 15.2 Å². The Hall–Kier alpha value is -0.930. The fourth-order valence-corrected chi connectivity index (χ4v) is 2.30. The highest BCUT2D eigenvalue weighted by molar-refractivity contribution is 6.32. The van der Waals surface area contributed by atoms with Crippen LogP contribution in [0.25, 0.3) is 0 Å². The third-order valence-corrected chi connectivity index (χ3v) is 3.56. The lowest BCUT2D eigenvalue weighted by Crippen LogP contribution is -2.19. The summed E-state index contributed by atoms with van der Waals surface area (Å²) < 4.78 is 10.6. The smallest absolute Gasteiger partial charge is 0.231 e. The lowest BCUT2D eigenvalue weighted by molar-refractivity contribution is 0.174. The van der Waals surface area contributed by atoms with Gasteiger partial charge in [-0.25, -0.2) is 0 Å². The van der Waals surface area contributed by atoms with Gasteiger partial charge in [-0.15, -0.1) is 0 Å². The second kappa shape index (κ2) is 3.03. The summed E-state index contributed by atoms with van der Waals surface area (Å²) in [4.78, 5) is 0. The van der Waals surface area contributed by atoms with Crippen molar-refractivity contribution in [2.24, 2.45) is 5.73 Å². The minimum Gasteiger partial charge on any atom is -0.454 e. The Labute approximate surface area is 93.1 Å². The van der Waals surface area contributed by atoms with Gasteiger partial charge in [0, 0.05) is 12.0 Å². The predicted molar refractivity (Wildman–Crippen MR) is 57.5 cm³/mol. The lowest BCUT2D eigenvalue weighted by atomic mass is 9.96. The highest BCUT2D eigenvalue weighted by Gasteiger charge is 2.43. The summed E-state index contributed by atoms with van der Waals surface area (Å²) in [5.41, 5.74) is 7.10. The molecule has 3 nitrogen and oxygen atoms in total. The third kappa shape index (κ3) is 1.30. The molecule has 2 aliphatic rings. The van der Waals surface area contributed by atoms with E-state index in [0.717, 1.165) is 18.6 Å². The van der Waals surface area contributed by atoms with Crippen molar-refractivity contribution in [3.63, 3.8) is 0 Å². The molecule has 4 heteroatoms. The molecule has 0 spiro atoms. The van der Waals surface area contributed by atoms with Crippen molar-refractivity contribution in [1.82, 2.24) is 0 Å². The number of fused-ring (bicyclic) bond motifs is 1. The highest BCUT2D eigenvalue weighted by atomic mass is 35.5. The number of hydrogen-bond acceptors (Lipinski definition) is 3. The highest BCUT2D eigenvalue weighted by Crippen LogP contribution is 2.51. The van der Waals surface area contributed by atoms with E-state index in [0.29, 0.717) is 17.3 Å². The van der Waals surface area contributed by atoms with Crippen molar-refractivity contribution < 1.29 is 9.47 Å². The fraction of sp³-hybridized carbons (Fsp3) is 0.455. The van der Waals surface area contributed by atoms with Crippen molar-refractivity contribution in [3.8, 4) is 11.5 Å². The van der Waals surface area contributed by atoms with Gasteiger partial charge in [-0.2, -0.15) is 0 Å². The number of ether oxygens (including phenoxy) is 2. The van der Waals surface area contributed by atoms with Crippen molar-refractivity contribution in [1.29, 1.82) is 0 Å². The Morgan fingerprint density at radius 1 is 1.33 bits per heavy atom. The normalized spacial score (nSPS) is 20.4.